The quantitative estimate of drug-likeness (QED) is 0.376. The first-order valence-electron chi connectivity index (χ1n) is 10.0. The summed E-state index contributed by atoms with van der Waals surface area (Å²) in [6, 6.07) is 10.3. The van der Waals surface area contributed by atoms with E-state index < -0.39 is 6.10 Å². The zero-order valence-corrected chi connectivity index (χ0v) is 17.8. The van der Waals surface area contributed by atoms with Crippen LogP contribution in [0.2, 0.25) is 0 Å². The molecule has 0 bridgehead atoms. The highest BCUT2D eigenvalue weighted by molar-refractivity contribution is 7.19. The average Bonchev–Trinajstić information content (AvgIpc) is 3.11. The number of rotatable bonds is 7. The predicted molar refractivity (Wildman–Crippen MR) is 117 cm³/mol. The lowest BCUT2D eigenvalue weighted by Crippen LogP contribution is -2.46. The maximum atomic E-state index is 10.5. The van der Waals surface area contributed by atoms with Crippen molar-refractivity contribution in [2.45, 2.75) is 38.6 Å². The number of guanidine groups is 1. The van der Waals surface area contributed by atoms with Crippen molar-refractivity contribution in [3.63, 3.8) is 0 Å². The zero-order valence-electron chi connectivity index (χ0n) is 17.0. The molecule has 1 fully saturated rings. The molecule has 0 saturated carbocycles. The van der Waals surface area contributed by atoms with Gasteiger partial charge < -0.3 is 20.5 Å². The molecule has 0 spiro atoms. The number of hydrogen-bond donors (Lipinski definition) is 3. The highest BCUT2D eigenvalue weighted by atomic mass is 32.1. The van der Waals surface area contributed by atoms with Gasteiger partial charge in [0.25, 0.3) is 0 Å². The summed E-state index contributed by atoms with van der Waals surface area (Å²) in [5.41, 5.74) is 0. The Bertz CT molecular complexity index is 736. The molecule has 0 aliphatic carbocycles. The Balaban J connectivity index is 1.38. The van der Waals surface area contributed by atoms with E-state index in [0.717, 1.165) is 43.4 Å². The van der Waals surface area contributed by atoms with Crippen LogP contribution in [-0.4, -0.2) is 67.9 Å². The Morgan fingerprint density at radius 2 is 2.04 bits per heavy atom. The van der Waals surface area contributed by atoms with Gasteiger partial charge in [-0.15, -0.1) is 11.3 Å². The van der Waals surface area contributed by atoms with Gasteiger partial charge in [-0.25, -0.2) is 0 Å². The van der Waals surface area contributed by atoms with Crippen LogP contribution >= 0.6 is 11.3 Å². The summed E-state index contributed by atoms with van der Waals surface area (Å²) in [7, 11) is 1.76. The smallest absolute Gasteiger partial charge is 0.191 e. The SMILES string of the molecule is CN=C(NCCCN1CC(C)OC(C)C1)NCC(O)c1cc2ccccc2s1. The Labute approximate surface area is 171 Å². The van der Waals surface area contributed by atoms with E-state index in [2.05, 4.69) is 52.6 Å². The van der Waals surface area contributed by atoms with Gasteiger partial charge in [-0.1, -0.05) is 18.2 Å². The molecule has 3 unspecified atom stereocenters. The molecule has 3 atom stereocenters. The summed E-state index contributed by atoms with van der Waals surface area (Å²) in [6.07, 6.45) is 1.11. The van der Waals surface area contributed by atoms with Gasteiger partial charge in [-0.3, -0.25) is 9.89 Å². The predicted octanol–water partition coefficient (Wildman–Crippen LogP) is 2.60. The Morgan fingerprint density at radius 1 is 1.29 bits per heavy atom. The van der Waals surface area contributed by atoms with Gasteiger partial charge in [0.15, 0.2) is 5.96 Å². The van der Waals surface area contributed by atoms with Crippen molar-refractivity contribution in [3.05, 3.63) is 35.2 Å². The lowest BCUT2D eigenvalue weighted by molar-refractivity contribution is -0.0679. The molecule has 6 nitrogen and oxygen atoms in total. The largest absolute Gasteiger partial charge is 0.386 e. The fraction of sp³-hybridized carbons (Fsp3) is 0.571. The fourth-order valence-electron chi connectivity index (χ4n) is 3.66. The molecule has 1 aliphatic heterocycles. The molecule has 2 heterocycles. The third kappa shape index (κ3) is 5.91. The molecular weight excluding hydrogens is 372 g/mol. The van der Waals surface area contributed by atoms with Gasteiger partial charge in [-0.05, 0) is 37.8 Å². The summed E-state index contributed by atoms with van der Waals surface area (Å²) in [5, 5.41) is 18.2. The molecule has 28 heavy (non-hydrogen) atoms. The van der Waals surface area contributed by atoms with E-state index in [-0.39, 0.29) is 0 Å². The highest BCUT2D eigenvalue weighted by Crippen LogP contribution is 2.29. The van der Waals surface area contributed by atoms with Crippen molar-refractivity contribution in [2.24, 2.45) is 4.99 Å². The molecule has 3 N–H and O–H groups in total. The number of benzene rings is 1. The van der Waals surface area contributed by atoms with Crippen LogP contribution in [0.1, 0.15) is 31.2 Å². The van der Waals surface area contributed by atoms with Crippen LogP contribution < -0.4 is 10.6 Å². The average molecular weight is 405 g/mol. The lowest BCUT2D eigenvalue weighted by atomic mass is 10.2. The van der Waals surface area contributed by atoms with E-state index in [0.29, 0.717) is 18.8 Å². The van der Waals surface area contributed by atoms with Gasteiger partial charge in [-0.2, -0.15) is 0 Å². The maximum absolute atomic E-state index is 10.5. The van der Waals surface area contributed by atoms with Gasteiger partial charge in [0.05, 0.1) is 12.2 Å². The van der Waals surface area contributed by atoms with E-state index in [4.69, 9.17) is 4.74 Å². The highest BCUT2D eigenvalue weighted by Gasteiger charge is 2.21. The monoisotopic (exact) mass is 404 g/mol. The second kappa shape index (κ2) is 10.2. The summed E-state index contributed by atoms with van der Waals surface area (Å²) < 4.78 is 6.98. The van der Waals surface area contributed by atoms with Gasteiger partial charge in [0.2, 0.25) is 0 Å². The van der Waals surface area contributed by atoms with Crippen molar-refractivity contribution in [1.29, 1.82) is 0 Å². The molecule has 1 aromatic carbocycles. The van der Waals surface area contributed by atoms with E-state index in [1.165, 1.54) is 10.1 Å². The van der Waals surface area contributed by atoms with Crippen LogP contribution in [0.15, 0.2) is 35.3 Å². The molecule has 3 rings (SSSR count). The Hall–Kier alpha value is -1.67. The Morgan fingerprint density at radius 3 is 2.75 bits per heavy atom. The number of thiophene rings is 1. The number of hydrogen-bond acceptors (Lipinski definition) is 5. The summed E-state index contributed by atoms with van der Waals surface area (Å²) in [6.45, 7) is 8.59. The van der Waals surface area contributed by atoms with Crippen LogP contribution in [0, 0.1) is 0 Å². The summed E-state index contributed by atoms with van der Waals surface area (Å²) >= 11 is 1.64. The van der Waals surface area contributed by atoms with Gasteiger partial charge >= 0.3 is 0 Å². The summed E-state index contributed by atoms with van der Waals surface area (Å²) in [5.74, 6) is 0.726. The molecule has 1 saturated heterocycles. The van der Waals surface area contributed by atoms with Crippen LogP contribution in [-0.2, 0) is 4.74 Å². The standard InChI is InChI=1S/C21H32N4O2S/c1-15-13-25(14-16(2)27-15)10-6-9-23-21(22-3)24-12-18(26)20-11-17-7-4-5-8-19(17)28-20/h4-5,7-8,11,15-16,18,26H,6,9-10,12-14H2,1-3H3,(H2,22,23,24). The van der Waals surface area contributed by atoms with Gasteiger partial charge in [0, 0.05) is 49.3 Å². The number of aliphatic imine (C=N–C) groups is 1. The molecule has 1 aromatic heterocycles. The van der Waals surface area contributed by atoms with Gasteiger partial charge in [0.1, 0.15) is 6.10 Å². The Kier molecular flexibility index (Phi) is 7.67. The first kappa shape index (κ1) is 21.0. The number of nitrogens with one attached hydrogen (secondary N) is 2. The van der Waals surface area contributed by atoms with Crippen LogP contribution in [0.4, 0.5) is 0 Å². The maximum Gasteiger partial charge on any atom is 0.191 e. The second-order valence-corrected chi connectivity index (χ2v) is 8.57. The first-order valence-corrected chi connectivity index (χ1v) is 10.9. The number of aliphatic hydroxyl groups excluding tert-OH is 1. The molecule has 0 amide bonds. The van der Waals surface area contributed by atoms with Crippen LogP contribution in [0.25, 0.3) is 10.1 Å². The van der Waals surface area contributed by atoms with Crippen molar-refractivity contribution >= 4 is 27.4 Å². The second-order valence-electron chi connectivity index (χ2n) is 7.45. The van der Waals surface area contributed by atoms with Crippen molar-refractivity contribution < 1.29 is 9.84 Å². The van der Waals surface area contributed by atoms with Crippen molar-refractivity contribution in [2.75, 3.05) is 39.8 Å². The van der Waals surface area contributed by atoms with E-state index in [1.54, 1.807) is 18.4 Å². The number of nitrogens with zero attached hydrogens (tertiary/aromatic N) is 2. The minimum atomic E-state index is -0.549. The molecule has 0 radical (unpaired) electrons. The minimum absolute atomic E-state index is 0.307. The normalized spacial score (nSPS) is 22.4. The number of aliphatic hydroxyl groups is 1. The van der Waals surface area contributed by atoms with Crippen molar-refractivity contribution in [3.8, 4) is 0 Å². The number of fused-ring (bicyclic) bond motifs is 1. The first-order chi connectivity index (χ1) is 13.5. The number of morpholine rings is 1. The van der Waals surface area contributed by atoms with E-state index in [1.807, 2.05) is 12.1 Å². The number of ether oxygens (including phenoxy) is 1. The third-order valence-corrected chi connectivity index (χ3v) is 6.12. The van der Waals surface area contributed by atoms with Crippen LogP contribution in [0.3, 0.4) is 0 Å². The molecule has 1 aliphatic rings. The van der Waals surface area contributed by atoms with Crippen LogP contribution in [0.5, 0.6) is 0 Å². The minimum Gasteiger partial charge on any atom is -0.386 e. The summed E-state index contributed by atoms with van der Waals surface area (Å²) in [4.78, 5) is 7.69. The van der Waals surface area contributed by atoms with Crippen molar-refractivity contribution in [1.82, 2.24) is 15.5 Å². The van der Waals surface area contributed by atoms with E-state index >= 15 is 0 Å². The van der Waals surface area contributed by atoms with E-state index in [9.17, 15) is 5.11 Å². The molecular formula is C21H32N4O2S. The molecule has 154 valence electrons. The fourth-order valence-corrected chi connectivity index (χ4v) is 4.71. The third-order valence-electron chi connectivity index (χ3n) is 4.90. The molecule has 7 heteroatoms. The topological polar surface area (TPSA) is 69.1 Å². The molecule has 2 aromatic rings. The lowest BCUT2D eigenvalue weighted by Gasteiger charge is -2.35. The zero-order chi connectivity index (χ0) is 19.9.